The van der Waals surface area contributed by atoms with Crippen LogP contribution >= 0.6 is 0 Å². The lowest BCUT2D eigenvalue weighted by atomic mass is 10.2. The van der Waals surface area contributed by atoms with Crippen LogP contribution < -0.4 is 5.32 Å². The highest BCUT2D eigenvalue weighted by molar-refractivity contribution is 5.99. The van der Waals surface area contributed by atoms with E-state index in [-0.39, 0.29) is 22.7 Å². The standard InChI is InChI=1S/C17H18F3N5O2/c1-24(2)7-4-6-21-16(26)11-10-22-25-14(17(18,19)20)9-12(23-15(11)25)13-5-3-8-27-13/h3,5,8-10H,4,6-7H2,1-2H3,(H,21,26). The Morgan fingerprint density at radius 2 is 2.15 bits per heavy atom. The Morgan fingerprint density at radius 3 is 2.78 bits per heavy atom. The molecule has 1 N–H and O–H groups in total. The van der Waals surface area contributed by atoms with E-state index in [1.807, 2.05) is 19.0 Å². The summed E-state index contributed by atoms with van der Waals surface area (Å²) in [6.45, 7) is 1.16. The molecular formula is C17H18F3N5O2. The molecule has 0 aromatic carbocycles. The number of rotatable bonds is 6. The van der Waals surface area contributed by atoms with Crippen LogP contribution in [0.4, 0.5) is 13.2 Å². The zero-order chi connectivity index (χ0) is 19.6. The van der Waals surface area contributed by atoms with Gasteiger partial charge in [0.25, 0.3) is 5.91 Å². The van der Waals surface area contributed by atoms with Crippen LogP contribution in [-0.2, 0) is 6.18 Å². The zero-order valence-electron chi connectivity index (χ0n) is 14.7. The number of halogens is 3. The first-order valence-corrected chi connectivity index (χ1v) is 8.20. The van der Waals surface area contributed by atoms with Crippen molar-refractivity contribution in [2.75, 3.05) is 27.2 Å². The smallest absolute Gasteiger partial charge is 0.433 e. The van der Waals surface area contributed by atoms with Gasteiger partial charge in [0.15, 0.2) is 17.1 Å². The number of carbonyl (C=O) groups is 1. The highest BCUT2D eigenvalue weighted by Gasteiger charge is 2.36. The number of carbonyl (C=O) groups excluding carboxylic acids is 1. The van der Waals surface area contributed by atoms with Gasteiger partial charge in [-0.15, -0.1) is 0 Å². The molecule has 0 saturated carbocycles. The molecule has 3 heterocycles. The maximum absolute atomic E-state index is 13.4. The van der Waals surface area contributed by atoms with Crippen LogP contribution in [0.2, 0.25) is 0 Å². The Hall–Kier alpha value is -2.88. The lowest BCUT2D eigenvalue weighted by molar-refractivity contribution is -0.142. The number of hydrogen-bond donors (Lipinski definition) is 1. The predicted molar refractivity (Wildman–Crippen MR) is 91.2 cm³/mol. The molecule has 0 aliphatic heterocycles. The average molecular weight is 381 g/mol. The number of furan rings is 1. The number of amides is 1. The fraction of sp³-hybridized carbons (Fsp3) is 0.353. The molecule has 0 atom stereocenters. The van der Waals surface area contributed by atoms with Crippen molar-refractivity contribution in [1.29, 1.82) is 0 Å². The van der Waals surface area contributed by atoms with E-state index in [9.17, 15) is 18.0 Å². The molecule has 0 saturated heterocycles. The van der Waals surface area contributed by atoms with Crippen LogP contribution in [0.3, 0.4) is 0 Å². The first kappa shape index (κ1) is 18.9. The monoisotopic (exact) mass is 381 g/mol. The molecule has 3 aromatic heterocycles. The maximum atomic E-state index is 13.4. The van der Waals surface area contributed by atoms with Crippen molar-refractivity contribution in [2.45, 2.75) is 12.6 Å². The van der Waals surface area contributed by atoms with Crippen molar-refractivity contribution in [3.63, 3.8) is 0 Å². The summed E-state index contributed by atoms with van der Waals surface area (Å²) in [5, 5.41) is 6.40. The minimum atomic E-state index is -4.67. The van der Waals surface area contributed by atoms with E-state index in [0.717, 1.165) is 18.8 Å². The van der Waals surface area contributed by atoms with Gasteiger partial charge in [0.2, 0.25) is 0 Å². The third-order valence-electron chi connectivity index (χ3n) is 3.85. The molecule has 0 aliphatic rings. The summed E-state index contributed by atoms with van der Waals surface area (Å²) in [6, 6.07) is 3.89. The largest absolute Gasteiger partial charge is 0.463 e. The third-order valence-corrected chi connectivity index (χ3v) is 3.85. The lowest BCUT2D eigenvalue weighted by Crippen LogP contribution is -2.27. The molecule has 3 rings (SSSR count). The van der Waals surface area contributed by atoms with Crippen molar-refractivity contribution in [2.24, 2.45) is 0 Å². The number of nitrogens with zero attached hydrogens (tertiary/aromatic N) is 4. The van der Waals surface area contributed by atoms with Gasteiger partial charge in [-0.3, -0.25) is 4.79 Å². The molecule has 27 heavy (non-hydrogen) atoms. The lowest BCUT2D eigenvalue weighted by Gasteiger charge is -2.11. The average Bonchev–Trinajstić information content (AvgIpc) is 3.25. The van der Waals surface area contributed by atoms with Crippen molar-refractivity contribution < 1.29 is 22.4 Å². The highest BCUT2D eigenvalue weighted by atomic mass is 19.4. The summed E-state index contributed by atoms with van der Waals surface area (Å²) in [5.74, 6) is -0.359. The van der Waals surface area contributed by atoms with Crippen LogP contribution in [0, 0.1) is 0 Å². The van der Waals surface area contributed by atoms with Gasteiger partial charge in [-0.25, -0.2) is 9.50 Å². The highest BCUT2D eigenvalue weighted by Crippen LogP contribution is 2.32. The maximum Gasteiger partial charge on any atom is 0.433 e. The Labute approximate surface area is 152 Å². The van der Waals surface area contributed by atoms with E-state index >= 15 is 0 Å². The van der Waals surface area contributed by atoms with Gasteiger partial charge in [-0.2, -0.15) is 18.3 Å². The third kappa shape index (κ3) is 4.11. The molecule has 3 aromatic rings. The number of fused-ring (bicyclic) bond motifs is 1. The fourth-order valence-corrected chi connectivity index (χ4v) is 2.57. The SMILES string of the molecule is CN(C)CCCNC(=O)c1cnn2c(C(F)(F)F)cc(-c3ccco3)nc12. The number of nitrogens with one attached hydrogen (secondary N) is 1. The first-order chi connectivity index (χ1) is 12.8. The molecular weight excluding hydrogens is 363 g/mol. The summed E-state index contributed by atoms with van der Waals surface area (Å²) in [7, 11) is 3.82. The van der Waals surface area contributed by atoms with Gasteiger partial charge in [0, 0.05) is 6.54 Å². The molecule has 0 aliphatic carbocycles. The fourth-order valence-electron chi connectivity index (χ4n) is 2.57. The van der Waals surface area contributed by atoms with Gasteiger partial charge in [-0.05, 0) is 45.3 Å². The van der Waals surface area contributed by atoms with Crippen molar-refractivity contribution in [3.05, 3.63) is 41.9 Å². The molecule has 10 heteroatoms. The molecule has 0 fully saturated rings. The summed E-state index contributed by atoms with van der Waals surface area (Å²) >= 11 is 0. The predicted octanol–water partition coefficient (Wildman–Crippen LogP) is 2.69. The first-order valence-electron chi connectivity index (χ1n) is 8.20. The molecule has 0 unspecified atom stereocenters. The number of alkyl halides is 3. The Bertz CT molecular complexity index is 932. The molecule has 0 bridgehead atoms. The summed E-state index contributed by atoms with van der Waals surface area (Å²) in [6.07, 6.45) is -1.54. The van der Waals surface area contributed by atoms with Crippen molar-refractivity contribution in [1.82, 2.24) is 24.8 Å². The van der Waals surface area contributed by atoms with Crippen LogP contribution in [0.1, 0.15) is 22.5 Å². The van der Waals surface area contributed by atoms with E-state index in [2.05, 4.69) is 15.4 Å². The molecule has 1 amide bonds. The molecule has 0 spiro atoms. The minimum absolute atomic E-state index is 0.0259. The quantitative estimate of drug-likeness (QED) is 0.665. The van der Waals surface area contributed by atoms with Gasteiger partial charge in [0.05, 0.1) is 12.5 Å². The Balaban J connectivity index is 1.98. The normalized spacial score (nSPS) is 12.1. The molecule has 7 nitrogen and oxygen atoms in total. The van der Waals surface area contributed by atoms with E-state index < -0.39 is 17.8 Å². The van der Waals surface area contributed by atoms with E-state index in [4.69, 9.17) is 4.42 Å². The number of hydrogen-bond acceptors (Lipinski definition) is 5. The van der Waals surface area contributed by atoms with E-state index in [1.54, 1.807) is 6.07 Å². The van der Waals surface area contributed by atoms with Crippen molar-refractivity contribution >= 4 is 11.6 Å². The van der Waals surface area contributed by atoms with E-state index in [0.29, 0.717) is 17.5 Å². The van der Waals surface area contributed by atoms with Crippen LogP contribution in [0.15, 0.2) is 35.1 Å². The second kappa shape index (κ2) is 7.39. The molecule has 144 valence electrons. The summed E-state index contributed by atoms with van der Waals surface area (Å²) < 4.78 is 46.1. The summed E-state index contributed by atoms with van der Waals surface area (Å²) in [4.78, 5) is 18.5. The molecule has 0 radical (unpaired) electrons. The summed E-state index contributed by atoms with van der Waals surface area (Å²) in [5.41, 5.74) is -1.27. The minimum Gasteiger partial charge on any atom is -0.463 e. The second-order valence-corrected chi connectivity index (χ2v) is 6.21. The Kier molecular flexibility index (Phi) is 5.17. The van der Waals surface area contributed by atoms with E-state index in [1.165, 1.54) is 12.3 Å². The van der Waals surface area contributed by atoms with Crippen LogP contribution in [0.5, 0.6) is 0 Å². The second-order valence-electron chi connectivity index (χ2n) is 6.21. The topological polar surface area (TPSA) is 75.7 Å². The zero-order valence-corrected chi connectivity index (χ0v) is 14.7. The number of aromatic nitrogens is 3. The van der Waals surface area contributed by atoms with Gasteiger partial charge >= 0.3 is 6.18 Å². The van der Waals surface area contributed by atoms with Gasteiger partial charge in [0.1, 0.15) is 11.3 Å². The van der Waals surface area contributed by atoms with Crippen LogP contribution in [-0.4, -0.2) is 52.6 Å². The van der Waals surface area contributed by atoms with Gasteiger partial charge < -0.3 is 14.6 Å². The Morgan fingerprint density at radius 1 is 1.37 bits per heavy atom. The van der Waals surface area contributed by atoms with Gasteiger partial charge in [-0.1, -0.05) is 0 Å². The van der Waals surface area contributed by atoms with Crippen molar-refractivity contribution in [3.8, 4) is 11.5 Å². The van der Waals surface area contributed by atoms with Crippen LogP contribution in [0.25, 0.3) is 17.1 Å².